The first-order valence-electron chi connectivity index (χ1n) is 5.89. The van der Waals surface area contributed by atoms with Gasteiger partial charge >= 0.3 is 5.97 Å². The summed E-state index contributed by atoms with van der Waals surface area (Å²) in [7, 11) is 0. The van der Waals surface area contributed by atoms with Gasteiger partial charge in [-0.05, 0) is 43.9 Å². The van der Waals surface area contributed by atoms with Gasteiger partial charge in [-0.15, -0.1) is 0 Å². The zero-order valence-corrected chi connectivity index (χ0v) is 10.9. The molecule has 0 aromatic heterocycles. The predicted octanol–water partition coefficient (Wildman–Crippen LogP) is 2.76. The molecule has 1 rings (SSSR count). The topological polar surface area (TPSA) is 74.6 Å². The fourth-order valence-corrected chi connectivity index (χ4v) is 1.94. The van der Waals surface area contributed by atoms with Crippen molar-refractivity contribution in [3.05, 3.63) is 28.3 Å². The molecule has 0 aliphatic rings. The molecule has 0 saturated heterocycles. The van der Waals surface area contributed by atoms with Crippen LogP contribution in [0.4, 0.5) is 0 Å². The number of aromatic hydroxyl groups is 1. The monoisotopic (exact) mass is 250 g/mol. The number of benzene rings is 1. The van der Waals surface area contributed by atoms with Crippen LogP contribution in [0.5, 0.6) is 5.75 Å². The Kier molecular flexibility index (Phi) is 4.48. The summed E-state index contributed by atoms with van der Waals surface area (Å²) in [5.74, 6) is -1.09. The lowest BCUT2D eigenvalue weighted by Crippen LogP contribution is -2.05. The summed E-state index contributed by atoms with van der Waals surface area (Å²) in [5, 5.41) is 18.5. The summed E-state index contributed by atoms with van der Waals surface area (Å²) >= 11 is 0. The molecule has 0 radical (unpaired) electrons. The number of aliphatic carboxylic acids is 1. The van der Waals surface area contributed by atoms with Crippen LogP contribution in [-0.4, -0.2) is 22.0 Å². The van der Waals surface area contributed by atoms with E-state index in [0.29, 0.717) is 17.5 Å². The number of phenolic OH excluding ortho intramolecular Hbond substituents is 1. The third kappa shape index (κ3) is 3.09. The number of hydrogen-bond acceptors (Lipinski definition) is 3. The van der Waals surface area contributed by atoms with E-state index in [1.807, 2.05) is 13.0 Å². The summed E-state index contributed by atoms with van der Waals surface area (Å²) in [4.78, 5) is 22.4. The molecule has 0 fully saturated rings. The van der Waals surface area contributed by atoms with Gasteiger partial charge < -0.3 is 10.2 Å². The van der Waals surface area contributed by atoms with E-state index in [1.54, 1.807) is 13.8 Å². The fraction of sp³-hybridized carbons (Fsp3) is 0.429. The van der Waals surface area contributed by atoms with Crippen LogP contribution in [-0.2, 0) is 4.79 Å². The molecule has 4 heteroatoms. The van der Waals surface area contributed by atoms with Crippen LogP contribution in [0, 0.1) is 20.8 Å². The molecule has 18 heavy (non-hydrogen) atoms. The molecule has 98 valence electrons. The first-order chi connectivity index (χ1) is 8.34. The van der Waals surface area contributed by atoms with Gasteiger partial charge in [-0.25, -0.2) is 0 Å². The highest BCUT2D eigenvalue weighted by Gasteiger charge is 2.17. The third-order valence-electron chi connectivity index (χ3n) is 3.08. The first kappa shape index (κ1) is 14.2. The Labute approximate surface area is 106 Å². The molecule has 0 aliphatic carbocycles. The predicted molar refractivity (Wildman–Crippen MR) is 68.1 cm³/mol. The van der Waals surface area contributed by atoms with Crippen LogP contribution in [0.2, 0.25) is 0 Å². The van der Waals surface area contributed by atoms with Crippen molar-refractivity contribution in [1.82, 2.24) is 0 Å². The second-order valence-electron chi connectivity index (χ2n) is 4.53. The minimum atomic E-state index is -0.913. The van der Waals surface area contributed by atoms with Crippen molar-refractivity contribution in [1.29, 1.82) is 0 Å². The number of Topliss-reactive ketones (excluding diaryl/α,β-unsaturated/α-hetero) is 1. The van der Waals surface area contributed by atoms with Gasteiger partial charge in [-0.2, -0.15) is 0 Å². The fourth-order valence-electron chi connectivity index (χ4n) is 1.94. The zero-order valence-electron chi connectivity index (χ0n) is 10.9. The van der Waals surface area contributed by atoms with E-state index in [2.05, 4.69) is 0 Å². The van der Waals surface area contributed by atoms with Crippen molar-refractivity contribution in [2.75, 3.05) is 0 Å². The van der Waals surface area contributed by atoms with Crippen LogP contribution in [0.3, 0.4) is 0 Å². The molecule has 0 saturated carbocycles. The maximum absolute atomic E-state index is 12.0. The van der Waals surface area contributed by atoms with Crippen molar-refractivity contribution < 1.29 is 19.8 Å². The number of carbonyl (C=O) groups excluding carboxylic acids is 1. The largest absolute Gasteiger partial charge is 0.507 e. The smallest absolute Gasteiger partial charge is 0.303 e. The number of aryl methyl sites for hydroxylation is 2. The summed E-state index contributed by atoms with van der Waals surface area (Å²) in [6.45, 7) is 5.41. The molecule has 0 heterocycles. The molecule has 0 bridgehead atoms. The van der Waals surface area contributed by atoms with E-state index >= 15 is 0 Å². The minimum absolute atomic E-state index is 0.0211. The Morgan fingerprint density at radius 3 is 2.28 bits per heavy atom. The highest BCUT2D eigenvalue weighted by Crippen LogP contribution is 2.29. The molecule has 0 atom stereocenters. The quantitative estimate of drug-likeness (QED) is 0.788. The summed E-state index contributed by atoms with van der Waals surface area (Å²) in [6, 6.07) is 1.86. The van der Waals surface area contributed by atoms with E-state index in [1.165, 1.54) is 0 Å². The SMILES string of the molecule is Cc1cc(C)c(C(=O)CCCC(=O)O)c(O)c1C. The number of carboxylic acid groups (broad SMARTS) is 1. The molecule has 0 amide bonds. The summed E-state index contributed by atoms with van der Waals surface area (Å²) < 4.78 is 0. The molecule has 4 nitrogen and oxygen atoms in total. The van der Waals surface area contributed by atoms with Gasteiger partial charge in [-0.3, -0.25) is 9.59 Å². The van der Waals surface area contributed by atoms with Crippen LogP contribution in [0.15, 0.2) is 6.07 Å². The normalized spacial score (nSPS) is 10.4. The summed E-state index contributed by atoms with van der Waals surface area (Å²) in [6.07, 6.45) is 0.402. The van der Waals surface area contributed by atoms with Gasteiger partial charge in [0, 0.05) is 12.8 Å². The Morgan fingerprint density at radius 2 is 1.72 bits per heavy atom. The van der Waals surface area contributed by atoms with Gasteiger partial charge in [0.1, 0.15) is 5.75 Å². The Bertz CT molecular complexity index is 489. The highest BCUT2D eigenvalue weighted by molar-refractivity contribution is 6.00. The molecule has 0 aliphatic heterocycles. The maximum atomic E-state index is 12.0. The van der Waals surface area contributed by atoms with Crippen molar-refractivity contribution >= 4 is 11.8 Å². The van der Waals surface area contributed by atoms with Crippen LogP contribution >= 0.6 is 0 Å². The second kappa shape index (κ2) is 5.67. The van der Waals surface area contributed by atoms with Crippen LogP contribution in [0.25, 0.3) is 0 Å². The molecule has 1 aromatic rings. The first-order valence-corrected chi connectivity index (χ1v) is 5.89. The summed E-state index contributed by atoms with van der Waals surface area (Å²) in [5.41, 5.74) is 2.69. The number of phenols is 1. The highest BCUT2D eigenvalue weighted by atomic mass is 16.4. The molecule has 2 N–H and O–H groups in total. The third-order valence-corrected chi connectivity index (χ3v) is 3.08. The van der Waals surface area contributed by atoms with E-state index in [4.69, 9.17) is 5.11 Å². The Morgan fingerprint density at radius 1 is 1.11 bits per heavy atom. The molecular formula is C14H18O4. The number of carbonyl (C=O) groups is 2. The lowest BCUT2D eigenvalue weighted by atomic mass is 9.94. The number of carboxylic acids is 1. The molecule has 1 aromatic carbocycles. The van der Waals surface area contributed by atoms with Gasteiger partial charge in [0.15, 0.2) is 5.78 Å². The van der Waals surface area contributed by atoms with Crippen molar-refractivity contribution in [2.24, 2.45) is 0 Å². The number of hydrogen-bond donors (Lipinski definition) is 2. The zero-order chi connectivity index (χ0) is 13.9. The Hall–Kier alpha value is -1.84. The average Bonchev–Trinajstić information content (AvgIpc) is 2.25. The molecular weight excluding hydrogens is 232 g/mol. The molecule has 0 spiro atoms. The average molecular weight is 250 g/mol. The van der Waals surface area contributed by atoms with Crippen molar-refractivity contribution in [2.45, 2.75) is 40.0 Å². The standard InChI is InChI=1S/C14H18O4/c1-8-7-9(2)13(14(18)10(8)3)11(15)5-4-6-12(16)17/h7,18H,4-6H2,1-3H3,(H,16,17). The van der Waals surface area contributed by atoms with Gasteiger partial charge in [0.05, 0.1) is 5.56 Å². The molecule has 0 unspecified atom stereocenters. The number of ketones is 1. The van der Waals surface area contributed by atoms with E-state index in [-0.39, 0.29) is 24.4 Å². The van der Waals surface area contributed by atoms with E-state index in [9.17, 15) is 14.7 Å². The second-order valence-corrected chi connectivity index (χ2v) is 4.53. The van der Waals surface area contributed by atoms with Gasteiger partial charge in [-0.1, -0.05) is 6.07 Å². The Balaban J connectivity index is 2.92. The van der Waals surface area contributed by atoms with Crippen molar-refractivity contribution in [3.8, 4) is 5.75 Å². The van der Waals surface area contributed by atoms with Crippen molar-refractivity contribution in [3.63, 3.8) is 0 Å². The number of rotatable bonds is 5. The van der Waals surface area contributed by atoms with Crippen LogP contribution in [0.1, 0.15) is 46.3 Å². The van der Waals surface area contributed by atoms with Gasteiger partial charge in [0.2, 0.25) is 0 Å². The lowest BCUT2D eigenvalue weighted by molar-refractivity contribution is -0.137. The van der Waals surface area contributed by atoms with E-state index in [0.717, 1.165) is 11.1 Å². The van der Waals surface area contributed by atoms with Crippen LogP contribution < -0.4 is 0 Å². The van der Waals surface area contributed by atoms with E-state index < -0.39 is 5.97 Å². The lowest BCUT2D eigenvalue weighted by Gasteiger charge is -2.12. The maximum Gasteiger partial charge on any atom is 0.303 e. The van der Waals surface area contributed by atoms with Gasteiger partial charge in [0.25, 0.3) is 0 Å². The minimum Gasteiger partial charge on any atom is -0.507 e.